The highest BCUT2D eigenvalue weighted by atomic mass is 32.2. The Morgan fingerprint density at radius 3 is 2.47 bits per heavy atom. The summed E-state index contributed by atoms with van der Waals surface area (Å²) in [4.78, 5) is 8.09. The van der Waals surface area contributed by atoms with Crippen molar-refractivity contribution in [2.45, 2.75) is 11.5 Å². The SMILES string of the molecule is CS(=O)(=O)c1ccc(Oc2cncc(CO)n2)cc1. The smallest absolute Gasteiger partial charge is 0.238 e. The fourth-order valence-corrected chi connectivity index (χ4v) is 2.02. The van der Waals surface area contributed by atoms with Crippen LogP contribution in [-0.4, -0.2) is 29.7 Å². The Balaban J connectivity index is 2.19. The fourth-order valence-electron chi connectivity index (χ4n) is 1.39. The van der Waals surface area contributed by atoms with Crippen molar-refractivity contribution in [2.24, 2.45) is 0 Å². The van der Waals surface area contributed by atoms with Crippen LogP contribution in [0.25, 0.3) is 0 Å². The Labute approximate surface area is 110 Å². The largest absolute Gasteiger partial charge is 0.437 e. The lowest BCUT2D eigenvalue weighted by Gasteiger charge is -2.05. The maximum Gasteiger partial charge on any atom is 0.238 e. The zero-order valence-corrected chi connectivity index (χ0v) is 11.0. The molecule has 19 heavy (non-hydrogen) atoms. The summed E-state index contributed by atoms with van der Waals surface area (Å²) in [6.07, 6.45) is 3.97. The molecule has 0 amide bonds. The lowest BCUT2D eigenvalue weighted by molar-refractivity contribution is 0.274. The van der Waals surface area contributed by atoms with Crippen LogP contribution in [0.15, 0.2) is 41.6 Å². The molecule has 0 saturated carbocycles. The molecule has 6 nitrogen and oxygen atoms in total. The van der Waals surface area contributed by atoms with Gasteiger partial charge < -0.3 is 9.84 Å². The first kappa shape index (κ1) is 13.4. The Morgan fingerprint density at radius 1 is 1.21 bits per heavy atom. The highest BCUT2D eigenvalue weighted by Gasteiger charge is 2.07. The molecule has 1 heterocycles. The van der Waals surface area contributed by atoms with Crippen molar-refractivity contribution in [3.63, 3.8) is 0 Å². The summed E-state index contributed by atoms with van der Waals surface area (Å²) in [7, 11) is -3.22. The first-order valence-corrected chi connectivity index (χ1v) is 7.28. The van der Waals surface area contributed by atoms with E-state index in [1.54, 1.807) is 0 Å². The van der Waals surface area contributed by atoms with Crippen LogP contribution in [-0.2, 0) is 16.4 Å². The maximum atomic E-state index is 11.3. The molecule has 100 valence electrons. The number of benzene rings is 1. The van der Waals surface area contributed by atoms with Gasteiger partial charge in [-0.2, -0.15) is 0 Å². The molecule has 1 aromatic carbocycles. The molecule has 0 aliphatic carbocycles. The fraction of sp³-hybridized carbons (Fsp3) is 0.167. The van der Waals surface area contributed by atoms with Gasteiger partial charge in [0, 0.05) is 6.26 Å². The van der Waals surface area contributed by atoms with E-state index in [1.807, 2.05) is 0 Å². The van der Waals surface area contributed by atoms with E-state index < -0.39 is 9.84 Å². The molecule has 0 unspecified atom stereocenters. The van der Waals surface area contributed by atoms with Gasteiger partial charge in [0.25, 0.3) is 0 Å². The maximum absolute atomic E-state index is 11.3. The summed E-state index contributed by atoms with van der Waals surface area (Å²) in [6.45, 7) is -0.225. The van der Waals surface area contributed by atoms with Crippen LogP contribution in [0, 0.1) is 0 Å². The molecule has 0 fully saturated rings. The van der Waals surface area contributed by atoms with Crippen LogP contribution >= 0.6 is 0 Å². The number of hydrogen-bond acceptors (Lipinski definition) is 6. The van der Waals surface area contributed by atoms with E-state index in [1.165, 1.54) is 36.7 Å². The van der Waals surface area contributed by atoms with Crippen LogP contribution in [0.1, 0.15) is 5.69 Å². The summed E-state index contributed by atoms with van der Waals surface area (Å²) in [5.74, 6) is 0.676. The van der Waals surface area contributed by atoms with Crippen molar-refractivity contribution in [1.82, 2.24) is 9.97 Å². The third-order valence-corrected chi connectivity index (χ3v) is 3.43. The van der Waals surface area contributed by atoms with Crippen LogP contribution < -0.4 is 4.74 Å². The van der Waals surface area contributed by atoms with Crippen molar-refractivity contribution >= 4 is 9.84 Å². The first-order valence-electron chi connectivity index (χ1n) is 5.39. The van der Waals surface area contributed by atoms with E-state index in [9.17, 15) is 8.42 Å². The van der Waals surface area contributed by atoms with E-state index in [4.69, 9.17) is 9.84 Å². The zero-order chi connectivity index (χ0) is 13.9. The summed E-state index contributed by atoms with van der Waals surface area (Å²) in [6, 6.07) is 5.97. The van der Waals surface area contributed by atoms with Gasteiger partial charge in [-0.15, -0.1) is 0 Å². The Hall–Kier alpha value is -1.99. The van der Waals surface area contributed by atoms with Crippen molar-refractivity contribution < 1.29 is 18.3 Å². The molecule has 0 bridgehead atoms. The molecule has 1 aromatic heterocycles. The van der Waals surface area contributed by atoms with Gasteiger partial charge in [-0.1, -0.05) is 0 Å². The number of rotatable bonds is 4. The van der Waals surface area contributed by atoms with Gasteiger partial charge in [-0.3, -0.25) is 4.98 Å². The molecular weight excluding hydrogens is 268 g/mol. The lowest BCUT2D eigenvalue weighted by atomic mass is 10.3. The molecule has 0 aliphatic heterocycles. The standard InChI is InChI=1S/C12H12N2O4S/c1-19(16,17)11-4-2-10(3-5-11)18-12-7-13-6-9(8-15)14-12/h2-7,15H,8H2,1H3. The summed E-state index contributed by atoms with van der Waals surface area (Å²) in [5, 5.41) is 8.93. The topological polar surface area (TPSA) is 89.4 Å². The summed E-state index contributed by atoms with van der Waals surface area (Å²) >= 11 is 0. The van der Waals surface area contributed by atoms with Crippen molar-refractivity contribution in [1.29, 1.82) is 0 Å². The van der Waals surface area contributed by atoms with Gasteiger partial charge in [-0.05, 0) is 24.3 Å². The average Bonchev–Trinajstić information content (AvgIpc) is 2.38. The van der Waals surface area contributed by atoms with E-state index in [0.717, 1.165) is 6.26 Å². The molecule has 0 radical (unpaired) electrons. The third-order valence-electron chi connectivity index (χ3n) is 2.30. The molecule has 0 atom stereocenters. The Kier molecular flexibility index (Phi) is 3.77. The minimum Gasteiger partial charge on any atom is -0.437 e. The minimum absolute atomic E-state index is 0.218. The molecular formula is C12H12N2O4S. The lowest BCUT2D eigenvalue weighted by Crippen LogP contribution is -1.97. The molecule has 0 spiro atoms. The van der Waals surface area contributed by atoms with Gasteiger partial charge in [0.1, 0.15) is 5.75 Å². The van der Waals surface area contributed by atoms with Crippen molar-refractivity contribution in [3.05, 3.63) is 42.4 Å². The predicted molar refractivity (Wildman–Crippen MR) is 67.6 cm³/mol. The van der Waals surface area contributed by atoms with Gasteiger partial charge in [0.05, 0.1) is 29.6 Å². The number of ether oxygens (including phenoxy) is 1. The Morgan fingerprint density at radius 2 is 1.89 bits per heavy atom. The highest BCUT2D eigenvalue weighted by molar-refractivity contribution is 7.90. The van der Waals surface area contributed by atoms with Crippen LogP contribution in [0.2, 0.25) is 0 Å². The van der Waals surface area contributed by atoms with Gasteiger partial charge >= 0.3 is 0 Å². The van der Waals surface area contributed by atoms with Crippen molar-refractivity contribution in [2.75, 3.05) is 6.26 Å². The third kappa shape index (κ3) is 3.49. The van der Waals surface area contributed by atoms with Crippen LogP contribution in [0.4, 0.5) is 0 Å². The molecule has 1 N–H and O–H groups in total. The highest BCUT2D eigenvalue weighted by Crippen LogP contribution is 2.21. The van der Waals surface area contributed by atoms with E-state index >= 15 is 0 Å². The number of hydrogen-bond donors (Lipinski definition) is 1. The quantitative estimate of drug-likeness (QED) is 0.904. The number of aliphatic hydroxyl groups is 1. The monoisotopic (exact) mass is 280 g/mol. The summed E-state index contributed by atoms with van der Waals surface area (Å²) < 4.78 is 28.0. The van der Waals surface area contributed by atoms with Crippen LogP contribution in [0.3, 0.4) is 0 Å². The molecule has 2 rings (SSSR count). The van der Waals surface area contributed by atoms with E-state index in [2.05, 4.69) is 9.97 Å². The second-order valence-electron chi connectivity index (χ2n) is 3.85. The van der Waals surface area contributed by atoms with Gasteiger partial charge in [0.15, 0.2) is 9.84 Å². The molecule has 0 aliphatic rings. The number of sulfone groups is 1. The second kappa shape index (κ2) is 5.33. The van der Waals surface area contributed by atoms with E-state index in [-0.39, 0.29) is 17.4 Å². The normalized spacial score (nSPS) is 11.3. The van der Waals surface area contributed by atoms with Crippen LogP contribution in [0.5, 0.6) is 11.6 Å². The Bertz CT molecular complexity index is 668. The molecule has 0 saturated heterocycles. The summed E-state index contributed by atoms with van der Waals surface area (Å²) in [5.41, 5.74) is 0.394. The minimum atomic E-state index is -3.22. The van der Waals surface area contributed by atoms with Crippen molar-refractivity contribution in [3.8, 4) is 11.6 Å². The number of aromatic nitrogens is 2. The van der Waals surface area contributed by atoms with Gasteiger partial charge in [0.2, 0.25) is 5.88 Å². The average molecular weight is 280 g/mol. The van der Waals surface area contributed by atoms with Gasteiger partial charge in [-0.25, -0.2) is 13.4 Å². The predicted octanol–water partition coefficient (Wildman–Crippen LogP) is 1.16. The second-order valence-corrected chi connectivity index (χ2v) is 5.87. The number of nitrogens with zero attached hydrogens (tertiary/aromatic N) is 2. The molecule has 2 aromatic rings. The molecule has 7 heteroatoms. The number of aliphatic hydroxyl groups excluding tert-OH is 1. The first-order chi connectivity index (χ1) is 8.99. The van der Waals surface area contributed by atoms with E-state index in [0.29, 0.717) is 11.4 Å². The zero-order valence-electron chi connectivity index (χ0n) is 10.1.